The summed E-state index contributed by atoms with van der Waals surface area (Å²) < 4.78 is 5.26. The maximum Gasteiger partial charge on any atom is 0.332 e. The Kier molecular flexibility index (Phi) is 4.42. The number of hydrogen-bond acceptors (Lipinski definition) is 4. The molecule has 0 saturated carbocycles. The van der Waals surface area contributed by atoms with Crippen LogP contribution in [-0.2, 0) is 14.3 Å². The quantitative estimate of drug-likeness (QED) is 0.797. The minimum absolute atomic E-state index is 0.218. The highest BCUT2D eigenvalue weighted by Gasteiger charge is 2.36. The maximum atomic E-state index is 12.1. The van der Waals surface area contributed by atoms with E-state index in [0.29, 0.717) is 24.9 Å². The van der Waals surface area contributed by atoms with E-state index in [1.807, 2.05) is 5.01 Å². The van der Waals surface area contributed by atoms with Crippen molar-refractivity contribution in [2.75, 3.05) is 0 Å². The molecule has 0 aliphatic carbocycles. The molecule has 0 spiro atoms. The number of hydrogen-bond donors (Lipinski definition) is 2. The van der Waals surface area contributed by atoms with Gasteiger partial charge in [-0.2, -0.15) is 0 Å². The van der Waals surface area contributed by atoms with Crippen LogP contribution in [0.15, 0.2) is 0 Å². The smallest absolute Gasteiger partial charge is 0.332 e. The van der Waals surface area contributed by atoms with Crippen molar-refractivity contribution >= 4 is 11.9 Å². The normalized spacial score (nSPS) is 36.1. The van der Waals surface area contributed by atoms with E-state index in [1.54, 1.807) is 0 Å². The Balaban J connectivity index is 1.89. The molecular weight excluding hydrogens is 248 g/mol. The summed E-state index contributed by atoms with van der Waals surface area (Å²) in [6, 6.07) is 0.619. The Morgan fingerprint density at radius 2 is 1.68 bits per heavy atom. The second-order valence-electron chi connectivity index (χ2n) is 5.54. The van der Waals surface area contributed by atoms with Gasteiger partial charge in [-0.05, 0) is 39.5 Å². The van der Waals surface area contributed by atoms with Crippen LogP contribution in [0.1, 0.15) is 46.0 Å². The number of carbonyl (C=O) groups excluding carboxylic acids is 1. The van der Waals surface area contributed by atoms with Gasteiger partial charge in [0.2, 0.25) is 0 Å². The SMILES string of the molecule is CC1CCCC(C)N1NC(=O)C1CCC(C(=O)O)O1. The first-order valence-corrected chi connectivity index (χ1v) is 6.96. The number of nitrogens with one attached hydrogen (secondary N) is 1. The van der Waals surface area contributed by atoms with Gasteiger partial charge in [0.05, 0.1) is 0 Å². The number of ether oxygens (including phenoxy) is 1. The van der Waals surface area contributed by atoms with Gasteiger partial charge in [-0.3, -0.25) is 10.2 Å². The monoisotopic (exact) mass is 270 g/mol. The highest BCUT2D eigenvalue weighted by atomic mass is 16.5. The standard InChI is InChI=1S/C13H22N2O4/c1-8-4-3-5-9(2)15(8)14-12(16)10-6-7-11(19-10)13(17)18/h8-11H,3-7H2,1-2H3,(H,14,16)(H,17,18). The summed E-state index contributed by atoms with van der Waals surface area (Å²) in [6.07, 6.45) is 2.70. The summed E-state index contributed by atoms with van der Waals surface area (Å²) in [5, 5.41) is 10.8. The molecule has 2 aliphatic rings. The molecule has 2 aliphatic heterocycles. The predicted molar refractivity (Wildman–Crippen MR) is 68.3 cm³/mol. The zero-order valence-corrected chi connectivity index (χ0v) is 11.5. The molecule has 2 N–H and O–H groups in total. The number of carbonyl (C=O) groups is 2. The zero-order valence-electron chi connectivity index (χ0n) is 11.5. The number of amides is 1. The van der Waals surface area contributed by atoms with Crippen LogP contribution in [0, 0.1) is 0 Å². The summed E-state index contributed by atoms with van der Waals surface area (Å²) >= 11 is 0. The van der Waals surface area contributed by atoms with Gasteiger partial charge in [0.1, 0.15) is 6.10 Å². The van der Waals surface area contributed by atoms with Gasteiger partial charge in [0.25, 0.3) is 5.91 Å². The van der Waals surface area contributed by atoms with E-state index >= 15 is 0 Å². The molecule has 2 fully saturated rings. The van der Waals surface area contributed by atoms with E-state index in [0.717, 1.165) is 12.8 Å². The van der Waals surface area contributed by atoms with Gasteiger partial charge in [0, 0.05) is 12.1 Å². The van der Waals surface area contributed by atoms with Crippen LogP contribution in [0.4, 0.5) is 0 Å². The third-order valence-electron chi connectivity index (χ3n) is 4.02. The van der Waals surface area contributed by atoms with Gasteiger partial charge in [-0.1, -0.05) is 6.42 Å². The van der Waals surface area contributed by atoms with E-state index in [-0.39, 0.29) is 5.91 Å². The predicted octanol–water partition coefficient (Wildman–Crippen LogP) is 0.913. The van der Waals surface area contributed by atoms with E-state index < -0.39 is 18.2 Å². The van der Waals surface area contributed by atoms with Crippen LogP contribution in [0.25, 0.3) is 0 Å². The fourth-order valence-electron chi connectivity index (χ4n) is 2.85. The van der Waals surface area contributed by atoms with Crippen molar-refractivity contribution in [3.8, 4) is 0 Å². The van der Waals surface area contributed by atoms with Crippen molar-refractivity contribution in [2.45, 2.75) is 70.2 Å². The lowest BCUT2D eigenvalue weighted by atomic mass is 10.00. The molecule has 2 rings (SSSR count). The first-order valence-electron chi connectivity index (χ1n) is 6.96. The number of carboxylic acid groups (broad SMARTS) is 1. The second kappa shape index (κ2) is 5.88. The Bertz CT molecular complexity index is 351. The lowest BCUT2D eigenvalue weighted by molar-refractivity contribution is -0.153. The van der Waals surface area contributed by atoms with Gasteiger partial charge < -0.3 is 9.84 Å². The van der Waals surface area contributed by atoms with E-state index in [4.69, 9.17) is 9.84 Å². The Hall–Kier alpha value is -1.14. The fraction of sp³-hybridized carbons (Fsp3) is 0.846. The number of aliphatic carboxylic acids is 1. The molecule has 0 aromatic carbocycles. The average molecular weight is 270 g/mol. The lowest BCUT2D eigenvalue weighted by Crippen LogP contribution is -2.56. The molecule has 1 amide bonds. The molecule has 6 heteroatoms. The Morgan fingerprint density at radius 1 is 1.11 bits per heavy atom. The van der Waals surface area contributed by atoms with Crippen molar-refractivity contribution in [1.29, 1.82) is 0 Å². The summed E-state index contributed by atoms with van der Waals surface area (Å²) in [4.78, 5) is 22.9. The van der Waals surface area contributed by atoms with Crippen molar-refractivity contribution in [3.05, 3.63) is 0 Å². The summed E-state index contributed by atoms with van der Waals surface area (Å²) in [5.74, 6) is -1.21. The number of piperidine rings is 1. The molecule has 0 bridgehead atoms. The molecule has 0 aromatic rings. The molecule has 19 heavy (non-hydrogen) atoms. The first-order chi connectivity index (χ1) is 8.99. The van der Waals surface area contributed by atoms with Crippen LogP contribution >= 0.6 is 0 Å². The number of carboxylic acids is 1. The van der Waals surface area contributed by atoms with Crippen LogP contribution in [-0.4, -0.2) is 46.3 Å². The highest BCUT2D eigenvalue weighted by molar-refractivity contribution is 5.82. The molecule has 2 heterocycles. The maximum absolute atomic E-state index is 12.1. The number of hydrazine groups is 1. The van der Waals surface area contributed by atoms with Crippen LogP contribution in [0.3, 0.4) is 0 Å². The number of rotatable bonds is 3. The molecule has 4 unspecified atom stereocenters. The highest BCUT2D eigenvalue weighted by Crippen LogP contribution is 2.23. The molecule has 0 aromatic heterocycles. The number of nitrogens with zero attached hydrogens (tertiary/aromatic N) is 1. The van der Waals surface area contributed by atoms with Gasteiger partial charge in [-0.25, -0.2) is 9.80 Å². The second-order valence-corrected chi connectivity index (χ2v) is 5.54. The van der Waals surface area contributed by atoms with Gasteiger partial charge in [0.15, 0.2) is 6.10 Å². The van der Waals surface area contributed by atoms with Crippen LogP contribution in [0.2, 0.25) is 0 Å². The van der Waals surface area contributed by atoms with Crippen LogP contribution < -0.4 is 5.43 Å². The molecule has 0 radical (unpaired) electrons. The van der Waals surface area contributed by atoms with E-state index in [1.165, 1.54) is 6.42 Å². The lowest BCUT2D eigenvalue weighted by Gasteiger charge is -2.39. The Morgan fingerprint density at radius 3 is 2.21 bits per heavy atom. The topological polar surface area (TPSA) is 78.9 Å². The van der Waals surface area contributed by atoms with Crippen molar-refractivity contribution in [2.24, 2.45) is 0 Å². The van der Waals surface area contributed by atoms with Gasteiger partial charge in [-0.15, -0.1) is 0 Å². The van der Waals surface area contributed by atoms with Crippen LogP contribution in [0.5, 0.6) is 0 Å². The minimum atomic E-state index is -0.991. The van der Waals surface area contributed by atoms with Gasteiger partial charge >= 0.3 is 5.97 Å². The zero-order chi connectivity index (χ0) is 14.0. The molecular formula is C13H22N2O4. The van der Waals surface area contributed by atoms with Crippen molar-refractivity contribution in [1.82, 2.24) is 10.4 Å². The average Bonchev–Trinajstić information content (AvgIpc) is 2.83. The molecule has 6 nitrogen and oxygen atoms in total. The summed E-state index contributed by atoms with van der Waals surface area (Å²) in [7, 11) is 0. The van der Waals surface area contributed by atoms with Crippen molar-refractivity contribution < 1.29 is 19.4 Å². The summed E-state index contributed by atoms with van der Waals surface area (Å²) in [5.41, 5.74) is 2.90. The molecule has 2 saturated heterocycles. The largest absolute Gasteiger partial charge is 0.479 e. The molecule has 4 atom stereocenters. The van der Waals surface area contributed by atoms with Crippen molar-refractivity contribution in [3.63, 3.8) is 0 Å². The fourth-order valence-corrected chi connectivity index (χ4v) is 2.85. The summed E-state index contributed by atoms with van der Waals surface area (Å²) in [6.45, 7) is 4.18. The minimum Gasteiger partial charge on any atom is -0.479 e. The third-order valence-corrected chi connectivity index (χ3v) is 4.02. The molecule has 108 valence electrons. The first kappa shape index (κ1) is 14.3. The third kappa shape index (κ3) is 3.25. The van der Waals surface area contributed by atoms with E-state index in [2.05, 4.69) is 19.3 Å². The Labute approximate surface area is 113 Å². The van der Waals surface area contributed by atoms with E-state index in [9.17, 15) is 9.59 Å².